The van der Waals surface area contributed by atoms with Crippen molar-refractivity contribution in [3.63, 3.8) is 0 Å². The third-order valence-electron chi connectivity index (χ3n) is 4.39. The van der Waals surface area contributed by atoms with E-state index in [1.165, 1.54) is 25.9 Å². The first-order valence-corrected chi connectivity index (χ1v) is 7.72. The zero-order valence-corrected chi connectivity index (χ0v) is 12.7. The van der Waals surface area contributed by atoms with Crippen LogP contribution in [0.1, 0.15) is 28.8 Å². The van der Waals surface area contributed by atoms with Crippen molar-refractivity contribution in [3.05, 3.63) is 33.8 Å². The van der Waals surface area contributed by atoms with Crippen LogP contribution in [0.5, 0.6) is 0 Å². The molecule has 1 atom stereocenters. The quantitative estimate of drug-likeness (QED) is 0.907. The number of carbonyl (C=O) groups is 1. The van der Waals surface area contributed by atoms with E-state index in [2.05, 4.69) is 26.1 Å². The van der Waals surface area contributed by atoms with Gasteiger partial charge in [0.25, 0.3) is 5.91 Å². The monoisotopic (exact) mass is 322 g/mol. The smallest absolute Gasteiger partial charge is 0.251 e. The molecule has 102 valence electrons. The number of piperidine rings is 3. The number of hydrogen-bond donors (Lipinski definition) is 1. The van der Waals surface area contributed by atoms with Gasteiger partial charge in [0.2, 0.25) is 0 Å². The number of fused-ring (bicyclic) bond motifs is 3. The zero-order valence-electron chi connectivity index (χ0n) is 11.2. The van der Waals surface area contributed by atoms with E-state index in [-0.39, 0.29) is 5.91 Å². The summed E-state index contributed by atoms with van der Waals surface area (Å²) in [6.45, 7) is 5.43. The van der Waals surface area contributed by atoms with Crippen LogP contribution in [0.25, 0.3) is 0 Å². The first-order valence-electron chi connectivity index (χ1n) is 6.93. The Morgan fingerprint density at radius 1 is 1.37 bits per heavy atom. The first kappa shape index (κ1) is 13.1. The van der Waals surface area contributed by atoms with Gasteiger partial charge in [-0.25, -0.2) is 0 Å². The number of hydrogen-bond acceptors (Lipinski definition) is 2. The molecule has 3 fully saturated rings. The van der Waals surface area contributed by atoms with Gasteiger partial charge >= 0.3 is 0 Å². The number of halogens is 1. The lowest BCUT2D eigenvalue weighted by Gasteiger charge is -2.44. The van der Waals surface area contributed by atoms with E-state index < -0.39 is 0 Å². The summed E-state index contributed by atoms with van der Waals surface area (Å²) in [5.41, 5.74) is 1.86. The average molecular weight is 323 g/mol. The van der Waals surface area contributed by atoms with E-state index in [0.29, 0.717) is 12.0 Å². The van der Waals surface area contributed by atoms with Crippen LogP contribution in [0.15, 0.2) is 22.7 Å². The maximum absolute atomic E-state index is 12.3. The normalized spacial score (nSPS) is 29.3. The predicted octanol–water partition coefficient (Wildman–Crippen LogP) is 2.58. The van der Waals surface area contributed by atoms with Crippen LogP contribution < -0.4 is 5.32 Å². The summed E-state index contributed by atoms with van der Waals surface area (Å²) in [6.07, 6.45) is 2.45. The highest BCUT2D eigenvalue weighted by Crippen LogP contribution is 2.27. The molecular formula is C15H19BrN2O. The highest BCUT2D eigenvalue weighted by Gasteiger charge is 2.34. The molecule has 2 bridgehead atoms. The fraction of sp³-hybridized carbons (Fsp3) is 0.533. The van der Waals surface area contributed by atoms with Crippen LogP contribution in [0, 0.1) is 12.8 Å². The summed E-state index contributed by atoms with van der Waals surface area (Å²) < 4.78 is 1.05. The van der Waals surface area contributed by atoms with Gasteiger partial charge in [0.05, 0.1) is 0 Å². The molecule has 0 aliphatic carbocycles. The van der Waals surface area contributed by atoms with E-state index in [1.54, 1.807) is 0 Å². The maximum Gasteiger partial charge on any atom is 0.251 e. The third kappa shape index (κ3) is 2.70. The Bertz CT molecular complexity index is 495. The fourth-order valence-electron chi connectivity index (χ4n) is 3.17. The molecule has 1 unspecified atom stereocenters. The molecule has 1 aromatic carbocycles. The predicted molar refractivity (Wildman–Crippen MR) is 79.3 cm³/mol. The molecule has 0 radical (unpaired) electrons. The van der Waals surface area contributed by atoms with Gasteiger partial charge in [-0.15, -0.1) is 0 Å². The minimum atomic E-state index is 0.0642. The fourth-order valence-corrected chi connectivity index (χ4v) is 3.41. The number of nitrogens with zero attached hydrogens (tertiary/aromatic N) is 1. The van der Waals surface area contributed by atoms with Crippen molar-refractivity contribution in [2.45, 2.75) is 25.8 Å². The van der Waals surface area contributed by atoms with Crippen molar-refractivity contribution in [1.82, 2.24) is 10.2 Å². The largest absolute Gasteiger partial charge is 0.348 e. The number of amides is 1. The standard InChI is InChI=1S/C15H19BrN2O/c1-10-8-12(2-3-13(10)16)15(19)17-14-9-18-6-4-11(14)5-7-18/h2-3,8,11,14H,4-7,9H2,1H3,(H,17,19). The lowest BCUT2D eigenvalue weighted by Crippen LogP contribution is -2.57. The van der Waals surface area contributed by atoms with Gasteiger partial charge in [-0.3, -0.25) is 4.79 Å². The summed E-state index contributed by atoms with van der Waals surface area (Å²) in [7, 11) is 0. The molecule has 1 amide bonds. The minimum absolute atomic E-state index is 0.0642. The molecule has 0 aromatic heterocycles. The summed E-state index contributed by atoms with van der Waals surface area (Å²) >= 11 is 3.47. The maximum atomic E-state index is 12.3. The summed E-state index contributed by atoms with van der Waals surface area (Å²) in [6, 6.07) is 6.11. The number of benzene rings is 1. The number of rotatable bonds is 2. The molecule has 3 saturated heterocycles. The zero-order chi connectivity index (χ0) is 13.4. The Balaban J connectivity index is 1.69. The average Bonchev–Trinajstić information content (AvgIpc) is 2.43. The Labute approximate surface area is 122 Å². The first-order chi connectivity index (χ1) is 9.13. The van der Waals surface area contributed by atoms with Crippen LogP contribution in [-0.4, -0.2) is 36.5 Å². The summed E-state index contributed by atoms with van der Waals surface area (Å²) in [4.78, 5) is 14.8. The van der Waals surface area contributed by atoms with E-state index in [4.69, 9.17) is 0 Å². The molecule has 4 heteroatoms. The number of carbonyl (C=O) groups excluding carboxylic acids is 1. The highest BCUT2D eigenvalue weighted by molar-refractivity contribution is 9.10. The number of nitrogens with one attached hydrogen (secondary N) is 1. The second-order valence-electron chi connectivity index (χ2n) is 5.68. The molecule has 4 rings (SSSR count). The van der Waals surface area contributed by atoms with E-state index >= 15 is 0 Å². The van der Waals surface area contributed by atoms with Crippen LogP contribution in [0.3, 0.4) is 0 Å². The van der Waals surface area contributed by atoms with Gasteiger partial charge in [-0.2, -0.15) is 0 Å². The van der Waals surface area contributed by atoms with Crippen molar-refractivity contribution < 1.29 is 4.79 Å². The van der Waals surface area contributed by atoms with Crippen LogP contribution in [0.2, 0.25) is 0 Å². The Hall–Kier alpha value is -0.870. The molecule has 0 spiro atoms. The van der Waals surface area contributed by atoms with Gasteiger partial charge in [0.15, 0.2) is 0 Å². The molecule has 3 aliphatic rings. The summed E-state index contributed by atoms with van der Waals surface area (Å²) in [5.74, 6) is 0.736. The lowest BCUT2D eigenvalue weighted by molar-refractivity contribution is 0.0620. The highest BCUT2D eigenvalue weighted by atomic mass is 79.9. The van der Waals surface area contributed by atoms with Crippen molar-refractivity contribution in [1.29, 1.82) is 0 Å². The van der Waals surface area contributed by atoms with E-state index in [0.717, 1.165) is 22.1 Å². The van der Waals surface area contributed by atoms with Crippen molar-refractivity contribution in [2.75, 3.05) is 19.6 Å². The van der Waals surface area contributed by atoms with E-state index in [9.17, 15) is 4.79 Å². The second kappa shape index (κ2) is 5.25. The minimum Gasteiger partial charge on any atom is -0.348 e. The molecule has 0 saturated carbocycles. The van der Waals surface area contributed by atoms with Gasteiger partial charge in [-0.05, 0) is 62.5 Å². The van der Waals surface area contributed by atoms with Crippen LogP contribution >= 0.6 is 15.9 Å². The molecule has 1 N–H and O–H groups in total. The molecule has 19 heavy (non-hydrogen) atoms. The van der Waals surface area contributed by atoms with Gasteiger partial charge < -0.3 is 10.2 Å². The SMILES string of the molecule is Cc1cc(C(=O)NC2CN3CCC2CC3)ccc1Br. The summed E-state index contributed by atoms with van der Waals surface area (Å²) in [5, 5.41) is 3.22. The second-order valence-corrected chi connectivity index (χ2v) is 6.54. The Morgan fingerprint density at radius 2 is 2.11 bits per heavy atom. The van der Waals surface area contributed by atoms with Gasteiger partial charge in [0.1, 0.15) is 0 Å². The van der Waals surface area contributed by atoms with Gasteiger partial charge in [0, 0.05) is 22.6 Å². The Morgan fingerprint density at radius 3 is 2.68 bits per heavy atom. The van der Waals surface area contributed by atoms with Crippen LogP contribution in [0.4, 0.5) is 0 Å². The van der Waals surface area contributed by atoms with Crippen molar-refractivity contribution in [2.24, 2.45) is 5.92 Å². The van der Waals surface area contributed by atoms with Gasteiger partial charge in [-0.1, -0.05) is 15.9 Å². The molecular weight excluding hydrogens is 304 g/mol. The Kier molecular flexibility index (Phi) is 3.63. The lowest BCUT2D eigenvalue weighted by atomic mass is 9.84. The third-order valence-corrected chi connectivity index (χ3v) is 5.28. The molecule has 1 aromatic rings. The topological polar surface area (TPSA) is 32.3 Å². The molecule has 3 aliphatic heterocycles. The number of aryl methyl sites for hydroxylation is 1. The van der Waals surface area contributed by atoms with Crippen molar-refractivity contribution in [3.8, 4) is 0 Å². The molecule has 3 heterocycles. The van der Waals surface area contributed by atoms with Crippen LogP contribution in [-0.2, 0) is 0 Å². The molecule has 3 nitrogen and oxygen atoms in total. The van der Waals surface area contributed by atoms with Crippen molar-refractivity contribution >= 4 is 21.8 Å². The van der Waals surface area contributed by atoms with E-state index in [1.807, 2.05) is 25.1 Å².